The largest absolute Gasteiger partial charge is 0.326 e. The van der Waals surface area contributed by atoms with E-state index in [1.54, 1.807) is 12.4 Å². The van der Waals surface area contributed by atoms with Gasteiger partial charge in [0.1, 0.15) is 0 Å². The summed E-state index contributed by atoms with van der Waals surface area (Å²) >= 11 is 8.04. The van der Waals surface area contributed by atoms with Crippen LogP contribution in [-0.4, -0.2) is 22.0 Å². The Morgan fingerprint density at radius 1 is 1.67 bits per heavy atom. The molecule has 1 saturated heterocycles. The first-order valence-electron chi connectivity index (χ1n) is 5.23. The van der Waals surface area contributed by atoms with E-state index >= 15 is 0 Å². The Morgan fingerprint density at radius 2 is 2.53 bits per heavy atom. The molecule has 82 valence electrons. The SMILES string of the molecule is NC(Cc1ccncc1Cl)C1CCCS1. The van der Waals surface area contributed by atoms with E-state index in [0.29, 0.717) is 5.25 Å². The molecule has 2 heterocycles. The molecule has 0 spiro atoms. The molecule has 4 heteroatoms. The molecule has 0 amide bonds. The van der Waals surface area contributed by atoms with Crippen molar-refractivity contribution in [1.29, 1.82) is 0 Å². The van der Waals surface area contributed by atoms with Gasteiger partial charge in [-0.15, -0.1) is 0 Å². The van der Waals surface area contributed by atoms with E-state index in [0.717, 1.165) is 17.0 Å². The molecule has 1 aliphatic rings. The average Bonchev–Trinajstić information content (AvgIpc) is 2.74. The van der Waals surface area contributed by atoms with Crippen molar-refractivity contribution in [1.82, 2.24) is 4.98 Å². The summed E-state index contributed by atoms with van der Waals surface area (Å²) in [6, 6.07) is 2.18. The minimum Gasteiger partial charge on any atom is -0.326 e. The van der Waals surface area contributed by atoms with Gasteiger partial charge in [-0.05, 0) is 36.6 Å². The lowest BCUT2D eigenvalue weighted by Crippen LogP contribution is -2.33. The predicted molar refractivity (Wildman–Crippen MR) is 66.4 cm³/mol. The second kappa shape index (κ2) is 5.19. The van der Waals surface area contributed by atoms with Gasteiger partial charge in [0.2, 0.25) is 0 Å². The lowest BCUT2D eigenvalue weighted by molar-refractivity contribution is 0.609. The Hall–Kier alpha value is -0.250. The second-order valence-corrected chi connectivity index (χ2v) is 5.64. The molecule has 1 aliphatic heterocycles. The van der Waals surface area contributed by atoms with Crippen LogP contribution < -0.4 is 5.73 Å². The highest BCUT2D eigenvalue weighted by Crippen LogP contribution is 2.29. The molecule has 2 N–H and O–H groups in total. The summed E-state index contributed by atoms with van der Waals surface area (Å²) in [7, 11) is 0. The molecule has 2 unspecified atom stereocenters. The van der Waals surface area contributed by atoms with Crippen molar-refractivity contribution in [2.24, 2.45) is 5.73 Å². The van der Waals surface area contributed by atoms with Crippen LogP contribution in [0.1, 0.15) is 18.4 Å². The zero-order valence-electron chi connectivity index (χ0n) is 8.53. The molecule has 0 saturated carbocycles. The molecule has 1 aromatic heterocycles. The van der Waals surface area contributed by atoms with Crippen molar-refractivity contribution in [2.45, 2.75) is 30.6 Å². The lowest BCUT2D eigenvalue weighted by Gasteiger charge is -2.18. The van der Waals surface area contributed by atoms with Gasteiger partial charge in [0.25, 0.3) is 0 Å². The van der Waals surface area contributed by atoms with Crippen LogP contribution in [0.25, 0.3) is 0 Å². The van der Waals surface area contributed by atoms with Crippen LogP contribution in [0, 0.1) is 0 Å². The Labute approximate surface area is 99.6 Å². The average molecular weight is 243 g/mol. The zero-order valence-corrected chi connectivity index (χ0v) is 10.1. The number of aromatic nitrogens is 1. The van der Waals surface area contributed by atoms with Crippen molar-refractivity contribution in [3.8, 4) is 0 Å². The molecule has 0 radical (unpaired) electrons. The minimum absolute atomic E-state index is 0.220. The molecule has 0 bridgehead atoms. The van der Waals surface area contributed by atoms with Crippen LogP contribution in [0.3, 0.4) is 0 Å². The highest BCUT2D eigenvalue weighted by Gasteiger charge is 2.23. The number of halogens is 1. The van der Waals surface area contributed by atoms with E-state index in [1.165, 1.54) is 18.6 Å². The van der Waals surface area contributed by atoms with Crippen LogP contribution >= 0.6 is 23.4 Å². The highest BCUT2D eigenvalue weighted by molar-refractivity contribution is 8.00. The fourth-order valence-corrected chi connectivity index (χ4v) is 3.40. The van der Waals surface area contributed by atoms with Crippen molar-refractivity contribution in [3.05, 3.63) is 29.0 Å². The number of pyridine rings is 1. The first-order valence-corrected chi connectivity index (χ1v) is 6.65. The van der Waals surface area contributed by atoms with E-state index in [1.807, 2.05) is 17.8 Å². The number of rotatable bonds is 3. The van der Waals surface area contributed by atoms with E-state index in [2.05, 4.69) is 4.98 Å². The van der Waals surface area contributed by atoms with Gasteiger partial charge in [-0.25, -0.2) is 0 Å². The van der Waals surface area contributed by atoms with Gasteiger partial charge in [-0.1, -0.05) is 11.6 Å². The smallest absolute Gasteiger partial charge is 0.0621 e. The fraction of sp³-hybridized carbons (Fsp3) is 0.545. The van der Waals surface area contributed by atoms with E-state index < -0.39 is 0 Å². The molecule has 1 aromatic rings. The van der Waals surface area contributed by atoms with Crippen molar-refractivity contribution in [2.75, 3.05) is 5.75 Å². The molecular formula is C11H15ClN2S. The zero-order chi connectivity index (χ0) is 10.7. The Kier molecular flexibility index (Phi) is 3.89. The Morgan fingerprint density at radius 3 is 3.20 bits per heavy atom. The quantitative estimate of drug-likeness (QED) is 0.885. The molecule has 2 nitrogen and oxygen atoms in total. The first-order chi connectivity index (χ1) is 7.27. The van der Waals surface area contributed by atoms with Crippen molar-refractivity contribution >= 4 is 23.4 Å². The second-order valence-electron chi connectivity index (χ2n) is 3.89. The molecular weight excluding hydrogens is 228 g/mol. The third kappa shape index (κ3) is 2.86. The lowest BCUT2D eigenvalue weighted by atomic mass is 10.0. The standard InChI is InChI=1S/C11H15ClN2S/c12-9-7-14-4-3-8(9)6-10(13)11-2-1-5-15-11/h3-4,7,10-11H,1-2,5-6,13H2. The summed E-state index contributed by atoms with van der Waals surface area (Å²) < 4.78 is 0. The number of thioether (sulfide) groups is 1. The van der Waals surface area contributed by atoms with Gasteiger partial charge < -0.3 is 5.73 Å². The van der Waals surface area contributed by atoms with Gasteiger partial charge in [0.15, 0.2) is 0 Å². The molecule has 1 fully saturated rings. The van der Waals surface area contributed by atoms with E-state index in [9.17, 15) is 0 Å². The maximum absolute atomic E-state index is 6.18. The van der Waals surface area contributed by atoms with Crippen molar-refractivity contribution in [3.63, 3.8) is 0 Å². The minimum atomic E-state index is 0.220. The van der Waals surface area contributed by atoms with Crippen LogP contribution in [0.15, 0.2) is 18.5 Å². The number of nitrogens with two attached hydrogens (primary N) is 1. The highest BCUT2D eigenvalue weighted by atomic mass is 35.5. The van der Waals surface area contributed by atoms with Gasteiger partial charge in [0, 0.05) is 23.7 Å². The summed E-state index contributed by atoms with van der Waals surface area (Å²) in [4.78, 5) is 3.97. The van der Waals surface area contributed by atoms with E-state index in [-0.39, 0.29) is 6.04 Å². The third-order valence-corrected chi connectivity index (χ3v) is 4.63. The Bertz CT molecular complexity index is 326. The van der Waals surface area contributed by atoms with Crippen LogP contribution in [-0.2, 0) is 6.42 Å². The number of hydrogen-bond acceptors (Lipinski definition) is 3. The molecule has 15 heavy (non-hydrogen) atoms. The van der Waals surface area contributed by atoms with Crippen LogP contribution in [0.5, 0.6) is 0 Å². The summed E-state index contributed by atoms with van der Waals surface area (Å²) in [5.41, 5.74) is 7.30. The molecule has 0 aliphatic carbocycles. The predicted octanol–water partition coefficient (Wildman–Crippen LogP) is 2.50. The fourth-order valence-electron chi connectivity index (χ4n) is 1.90. The molecule has 2 rings (SSSR count). The van der Waals surface area contributed by atoms with Gasteiger partial charge >= 0.3 is 0 Å². The maximum Gasteiger partial charge on any atom is 0.0621 e. The molecule has 2 atom stereocenters. The summed E-state index contributed by atoms with van der Waals surface area (Å²) in [6.07, 6.45) is 6.86. The van der Waals surface area contributed by atoms with Gasteiger partial charge in [-0.2, -0.15) is 11.8 Å². The monoisotopic (exact) mass is 242 g/mol. The first kappa shape index (κ1) is 11.2. The third-order valence-electron chi connectivity index (χ3n) is 2.75. The maximum atomic E-state index is 6.18. The van der Waals surface area contributed by atoms with Crippen LogP contribution in [0.2, 0.25) is 5.02 Å². The Balaban J connectivity index is 1.99. The topological polar surface area (TPSA) is 38.9 Å². The normalized spacial score (nSPS) is 22.9. The van der Waals surface area contributed by atoms with Crippen LogP contribution in [0.4, 0.5) is 0 Å². The van der Waals surface area contributed by atoms with Crippen molar-refractivity contribution < 1.29 is 0 Å². The molecule has 0 aromatic carbocycles. The summed E-state index contributed by atoms with van der Waals surface area (Å²) in [5, 5.41) is 1.34. The summed E-state index contributed by atoms with van der Waals surface area (Å²) in [6.45, 7) is 0. The van der Waals surface area contributed by atoms with Gasteiger partial charge in [-0.3, -0.25) is 4.98 Å². The number of hydrogen-bond donors (Lipinski definition) is 1. The number of nitrogens with zero attached hydrogens (tertiary/aromatic N) is 1. The van der Waals surface area contributed by atoms with E-state index in [4.69, 9.17) is 17.3 Å². The van der Waals surface area contributed by atoms with Gasteiger partial charge in [0.05, 0.1) is 5.02 Å². The summed E-state index contributed by atoms with van der Waals surface area (Å²) in [5.74, 6) is 1.25.